The summed E-state index contributed by atoms with van der Waals surface area (Å²) >= 11 is 6.00. The van der Waals surface area contributed by atoms with E-state index in [4.69, 9.17) is 22.1 Å². The maximum absolute atomic E-state index is 13.8. The van der Waals surface area contributed by atoms with Crippen molar-refractivity contribution in [1.82, 2.24) is 19.3 Å². The summed E-state index contributed by atoms with van der Waals surface area (Å²) < 4.78 is 48.4. The predicted octanol–water partition coefficient (Wildman–Crippen LogP) is 5.30. The minimum atomic E-state index is -4.70. The van der Waals surface area contributed by atoms with Gasteiger partial charge in [-0.3, -0.25) is 14.0 Å². The summed E-state index contributed by atoms with van der Waals surface area (Å²) in [6.45, 7) is 1.03. The van der Waals surface area contributed by atoms with E-state index in [2.05, 4.69) is 10.1 Å². The monoisotopic (exact) mass is 513 g/mol. The van der Waals surface area contributed by atoms with Crippen LogP contribution in [-0.2, 0) is 17.5 Å². The van der Waals surface area contributed by atoms with Crippen LogP contribution in [0.15, 0.2) is 65.6 Å². The van der Waals surface area contributed by atoms with Gasteiger partial charge in [0, 0.05) is 22.9 Å². The highest BCUT2D eigenvalue weighted by Crippen LogP contribution is 2.35. The normalized spacial score (nSPS) is 12.0. The Labute approximate surface area is 207 Å². The Morgan fingerprint density at radius 1 is 1.08 bits per heavy atom. The molecule has 0 unspecified atom stereocenters. The van der Waals surface area contributed by atoms with Gasteiger partial charge in [0.05, 0.1) is 41.8 Å². The van der Waals surface area contributed by atoms with Crippen LogP contribution in [0.25, 0.3) is 38.8 Å². The predicted molar refractivity (Wildman–Crippen MR) is 132 cm³/mol. The summed E-state index contributed by atoms with van der Waals surface area (Å²) in [5.74, 6) is 0. The van der Waals surface area contributed by atoms with E-state index in [1.54, 1.807) is 42.3 Å². The number of anilines is 1. The Balaban J connectivity index is 1.79. The fourth-order valence-corrected chi connectivity index (χ4v) is 4.28. The van der Waals surface area contributed by atoms with E-state index in [0.29, 0.717) is 29.4 Å². The average molecular weight is 514 g/mol. The number of nitrogen functional groups attached to an aromatic ring is 1. The molecule has 0 bridgehead atoms. The smallest absolute Gasteiger partial charge is 0.397 e. The molecule has 5 aromatic rings. The number of nitrogens with two attached hydrogens (primary N) is 1. The second-order valence-electron chi connectivity index (χ2n) is 8.11. The summed E-state index contributed by atoms with van der Waals surface area (Å²) in [6.07, 6.45) is -3.03. The number of alkyl halides is 3. The molecule has 11 heteroatoms. The Hall–Kier alpha value is -3.89. The van der Waals surface area contributed by atoms with E-state index in [1.807, 2.05) is 6.07 Å². The molecule has 7 nitrogen and oxygen atoms in total. The Morgan fingerprint density at radius 3 is 2.53 bits per heavy atom. The quantitative estimate of drug-likeness (QED) is 0.344. The highest BCUT2D eigenvalue weighted by Gasteiger charge is 2.33. The van der Waals surface area contributed by atoms with Gasteiger partial charge < -0.3 is 10.5 Å². The SMILES string of the molecule is COCCn1ncc2cc(-c3c(N)c4ccc(C(F)(F)F)nc4n(-c4ccc(Cl)cc4)c3=O)ccc21. The largest absolute Gasteiger partial charge is 0.433 e. The fraction of sp³-hybridized carbons (Fsp3) is 0.160. The summed E-state index contributed by atoms with van der Waals surface area (Å²) in [5.41, 5.74) is 6.28. The molecule has 0 aliphatic heterocycles. The van der Waals surface area contributed by atoms with Gasteiger partial charge in [-0.2, -0.15) is 18.3 Å². The summed E-state index contributed by atoms with van der Waals surface area (Å²) in [6, 6.07) is 13.6. The molecule has 0 saturated heterocycles. The topological polar surface area (TPSA) is 88.0 Å². The summed E-state index contributed by atoms with van der Waals surface area (Å²) in [7, 11) is 1.60. The molecule has 0 aliphatic carbocycles. The number of hydrogen-bond acceptors (Lipinski definition) is 5. The molecule has 0 spiro atoms. The molecule has 36 heavy (non-hydrogen) atoms. The lowest BCUT2D eigenvalue weighted by molar-refractivity contribution is -0.141. The van der Waals surface area contributed by atoms with Crippen LogP contribution in [0.2, 0.25) is 5.02 Å². The lowest BCUT2D eigenvalue weighted by Gasteiger charge is -2.17. The lowest BCUT2D eigenvalue weighted by Crippen LogP contribution is -2.24. The number of methoxy groups -OCH3 is 1. The Morgan fingerprint density at radius 2 is 1.83 bits per heavy atom. The molecule has 3 heterocycles. The van der Waals surface area contributed by atoms with Crippen LogP contribution in [0, 0.1) is 0 Å². The standard InChI is InChI=1S/C25H19ClF3N5O2/c1-36-11-10-33-19-8-2-14(12-15(19)13-31-33)21-22(30)18-7-9-20(25(27,28)29)32-23(18)34(24(21)35)17-5-3-16(26)4-6-17/h2-9,12-13H,10-11,30H2,1H3. The van der Waals surface area contributed by atoms with Crippen molar-refractivity contribution in [2.45, 2.75) is 12.7 Å². The second-order valence-corrected chi connectivity index (χ2v) is 8.54. The molecule has 0 saturated carbocycles. The van der Waals surface area contributed by atoms with Crippen molar-refractivity contribution in [2.75, 3.05) is 19.5 Å². The maximum Gasteiger partial charge on any atom is 0.433 e. The van der Waals surface area contributed by atoms with Gasteiger partial charge in [0.15, 0.2) is 0 Å². The van der Waals surface area contributed by atoms with Gasteiger partial charge in [0.2, 0.25) is 0 Å². The van der Waals surface area contributed by atoms with Crippen molar-refractivity contribution in [3.05, 3.63) is 81.9 Å². The van der Waals surface area contributed by atoms with Crippen molar-refractivity contribution < 1.29 is 17.9 Å². The second kappa shape index (κ2) is 8.96. The first kappa shape index (κ1) is 23.8. The Bertz CT molecular complexity index is 1660. The van der Waals surface area contributed by atoms with Crippen LogP contribution in [0.4, 0.5) is 18.9 Å². The zero-order valence-electron chi connectivity index (χ0n) is 18.9. The molecular formula is C25H19ClF3N5O2. The van der Waals surface area contributed by atoms with Gasteiger partial charge in [-0.25, -0.2) is 4.98 Å². The van der Waals surface area contributed by atoms with Crippen LogP contribution in [0.1, 0.15) is 5.69 Å². The van der Waals surface area contributed by atoms with Gasteiger partial charge in [0.25, 0.3) is 5.56 Å². The highest BCUT2D eigenvalue weighted by atomic mass is 35.5. The van der Waals surface area contributed by atoms with Gasteiger partial charge in [0.1, 0.15) is 11.3 Å². The van der Waals surface area contributed by atoms with Gasteiger partial charge in [-0.05, 0) is 54.1 Å². The zero-order chi connectivity index (χ0) is 25.6. The number of fused-ring (bicyclic) bond motifs is 2. The number of ether oxygens (including phenoxy) is 1. The highest BCUT2D eigenvalue weighted by molar-refractivity contribution is 6.30. The molecular weight excluding hydrogens is 495 g/mol. The third-order valence-electron chi connectivity index (χ3n) is 5.88. The van der Waals surface area contributed by atoms with Crippen LogP contribution in [0.3, 0.4) is 0 Å². The number of rotatable bonds is 5. The van der Waals surface area contributed by atoms with Gasteiger partial charge >= 0.3 is 6.18 Å². The fourth-order valence-electron chi connectivity index (χ4n) is 4.15. The number of aromatic nitrogens is 4. The number of benzene rings is 2. The van der Waals surface area contributed by atoms with Crippen molar-refractivity contribution in [3.63, 3.8) is 0 Å². The lowest BCUT2D eigenvalue weighted by atomic mass is 10.0. The third kappa shape index (κ3) is 4.08. The van der Waals surface area contributed by atoms with Crippen LogP contribution < -0.4 is 11.3 Å². The van der Waals surface area contributed by atoms with Gasteiger partial charge in [-0.1, -0.05) is 17.7 Å². The molecule has 0 atom stereocenters. The van der Waals surface area contributed by atoms with Crippen LogP contribution in [-0.4, -0.2) is 33.0 Å². The van der Waals surface area contributed by atoms with Crippen molar-refractivity contribution in [2.24, 2.45) is 0 Å². The summed E-state index contributed by atoms with van der Waals surface area (Å²) in [4.78, 5) is 17.6. The zero-order valence-corrected chi connectivity index (χ0v) is 19.6. The first-order chi connectivity index (χ1) is 17.2. The van der Waals surface area contributed by atoms with Crippen molar-refractivity contribution >= 4 is 39.2 Å². The molecule has 0 aliphatic rings. The molecule has 184 valence electrons. The van der Waals surface area contributed by atoms with Crippen LogP contribution in [0.5, 0.6) is 0 Å². The van der Waals surface area contributed by atoms with Crippen molar-refractivity contribution in [3.8, 4) is 16.8 Å². The third-order valence-corrected chi connectivity index (χ3v) is 6.13. The van der Waals surface area contributed by atoms with Crippen LogP contribution >= 0.6 is 11.6 Å². The molecule has 3 aromatic heterocycles. The van der Waals surface area contributed by atoms with E-state index >= 15 is 0 Å². The van der Waals surface area contributed by atoms with E-state index in [1.165, 1.54) is 18.2 Å². The number of hydrogen-bond donors (Lipinski definition) is 1. The molecule has 0 radical (unpaired) electrons. The molecule has 0 fully saturated rings. The van der Waals surface area contributed by atoms with E-state index in [9.17, 15) is 18.0 Å². The first-order valence-electron chi connectivity index (χ1n) is 10.8. The minimum absolute atomic E-state index is 0.0348. The number of pyridine rings is 2. The Kier molecular flexibility index (Phi) is 5.93. The minimum Gasteiger partial charge on any atom is -0.397 e. The average Bonchev–Trinajstić information content (AvgIpc) is 3.25. The van der Waals surface area contributed by atoms with Crippen molar-refractivity contribution in [1.29, 1.82) is 0 Å². The maximum atomic E-state index is 13.8. The molecule has 5 rings (SSSR count). The number of nitrogens with zero attached hydrogens (tertiary/aromatic N) is 4. The van der Waals surface area contributed by atoms with E-state index in [0.717, 1.165) is 21.5 Å². The van der Waals surface area contributed by atoms with Gasteiger partial charge in [-0.15, -0.1) is 0 Å². The number of halogens is 4. The first-order valence-corrected chi connectivity index (χ1v) is 11.2. The summed E-state index contributed by atoms with van der Waals surface area (Å²) in [5, 5.41) is 5.75. The van der Waals surface area contributed by atoms with E-state index in [-0.39, 0.29) is 22.3 Å². The molecule has 0 amide bonds. The molecule has 2 N–H and O–H groups in total. The van der Waals surface area contributed by atoms with E-state index < -0.39 is 17.4 Å². The molecule has 2 aromatic carbocycles.